The van der Waals surface area contributed by atoms with Crippen LogP contribution in [0.5, 0.6) is 0 Å². The normalized spacial score (nSPS) is 16.8. The Morgan fingerprint density at radius 3 is 2.86 bits per heavy atom. The van der Waals surface area contributed by atoms with Crippen LogP contribution in [0.1, 0.15) is 24.0 Å². The Hall–Kier alpha value is -1.39. The van der Waals surface area contributed by atoms with Gasteiger partial charge in [0, 0.05) is 19.6 Å². The summed E-state index contributed by atoms with van der Waals surface area (Å²) in [5.41, 5.74) is 7.89. The monoisotopic (exact) mass is 289 g/mol. The van der Waals surface area contributed by atoms with Crippen LogP contribution in [0.25, 0.3) is 0 Å². The Morgan fingerprint density at radius 1 is 1.24 bits per heavy atom. The molecule has 1 aromatic rings. The molecule has 1 amide bonds. The smallest absolute Gasteiger partial charge is 0.227 e. The van der Waals surface area contributed by atoms with E-state index in [0.717, 1.165) is 57.7 Å². The van der Waals surface area contributed by atoms with E-state index in [2.05, 4.69) is 24.0 Å². The number of carbonyl (C=O) groups excluding carboxylic acids is 1. The summed E-state index contributed by atoms with van der Waals surface area (Å²) in [4.78, 5) is 16.9. The number of amides is 1. The Kier molecular flexibility index (Phi) is 6.21. The summed E-state index contributed by atoms with van der Waals surface area (Å²) in [5, 5.41) is 0. The van der Waals surface area contributed by atoms with Gasteiger partial charge >= 0.3 is 0 Å². The molecular weight excluding hydrogens is 262 g/mol. The van der Waals surface area contributed by atoms with Gasteiger partial charge in [0.05, 0.1) is 6.42 Å². The highest BCUT2D eigenvalue weighted by Gasteiger charge is 2.18. The predicted molar refractivity (Wildman–Crippen MR) is 86.2 cm³/mol. The standard InChI is InChI=1S/C17H27N3O/c1-15-5-2-6-16(13-15)14-17(21)20-10-4-9-19(11-12-20)8-3-7-18/h2,5-6,13H,3-4,7-12,14,18H2,1H3. The molecule has 1 heterocycles. The van der Waals surface area contributed by atoms with E-state index in [-0.39, 0.29) is 5.91 Å². The lowest BCUT2D eigenvalue weighted by Gasteiger charge is -2.22. The van der Waals surface area contributed by atoms with E-state index in [1.54, 1.807) is 0 Å². The highest BCUT2D eigenvalue weighted by molar-refractivity contribution is 5.78. The number of nitrogens with two attached hydrogens (primary N) is 1. The maximum absolute atomic E-state index is 12.4. The lowest BCUT2D eigenvalue weighted by molar-refractivity contribution is -0.130. The molecule has 1 aliphatic rings. The van der Waals surface area contributed by atoms with Crippen molar-refractivity contribution in [2.75, 3.05) is 39.3 Å². The van der Waals surface area contributed by atoms with Gasteiger partial charge in [0.2, 0.25) is 5.91 Å². The molecule has 0 atom stereocenters. The molecule has 4 nitrogen and oxygen atoms in total. The van der Waals surface area contributed by atoms with E-state index < -0.39 is 0 Å². The lowest BCUT2D eigenvalue weighted by Crippen LogP contribution is -2.36. The molecule has 0 radical (unpaired) electrons. The number of hydrogen-bond acceptors (Lipinski definition) is 3. The molecule has 0 saturated carbocycles. The molecule has 21 heavy (non-hydrogen) atoms. The molecule has 2 N–H and O–H groups in total. The summed E-state index contributed by atoms with van der Waals surface area (Å²) in [7, 11) is 0. The molecular formula is C17H27N3O. The van der Waals surface area contributed by atoms with Crippen LogP contribution in [0.2, 0.25) is 0 Å². The van der Waals surface area contributed by atoms with E-state index in [1.807, 2.05) is 17.0 Å². The van der Waals surface area contributed by atoms with Crippen LogP contribution < -0.4 is 5.73 Å². The first kappa shape index (κ1) is 16.0. The van der Waals surface area contributed by atoms with Gasteiger partial charge in [-0.05, 0) is 45.0 Å². The highest BCUT2D eigenvalue weighted by Crippen LogP contribution is 2.09. The van der Waals surface area contributed by atoms with Crippen LogP contribution in [0.15, 0.2) is 24.3 Å². The largest absolute Gasteiger partial charge is 0.341 e. The molecule has 1 aliphatic heterocycles. The van der Waals surface area contributed by atoms with Crippen molar-refractivity contribution in [2.45, 2.75) is 26.2 Å². The SMILES string of the molecule is Cc1cccc(CC(=O)N2CCCN(CCCN)CC2)c1. The van der Waals surface area contributed by atoms with Crippen molar-refractivity contribution < 1.29 is 4.79 Å². The average Bonchev–Trinajstić information content (AvgIpc) is 2.70. The second-order valence-electron chi connectivity index (χ2n) is 5.88. The zero-order valence-electron chi connectivity index (χ0n) is 13.1. The van der Waals surface area contributed by atoms with Crippen LogP contribution >= 0.6 is 0 Å². The topological polar surface area (TPSA) is 49.6 Å². The first-order valence-electron chi connectivity index (χ1n) is 7.95. The minimum Gasteiger partial charge on any atom is -0.341 e. The van der Waals surface area contributed by atoms with Crippen molar-refractivity contribution >= 4 is 5.91 Å². The Morgan fingerprint density at radius 2 is 2.10 bits per heavy atom. The Labute approximate surface area is 127 Å². The van der Waals surface area contributed by atoms with Crippen molar-refractivity contribution in [3.8, 4) is 0 Å². The van der Waals surface area contributed by atoms with Crippen LogP contribution in [-0.2, 0) is 11.2 Å². The molecule has 0 aliphatic carbocycles. The maximum Gasteiger partial charge on any atom is 0.227 e. The van der Waals surface area contributed by atoms with E-state index in [1.165, 1.54) is 5.56 Å². The van der Waals surface area contributed by atoms with Gasteiger partial charge in [0.25, 0.3) is 0 Å². The molecule has 0 aromatic heterocycles. The first-order chi connectivity index (χ1) is 10.2. The number of benzene rings is 1. The van der Waals surface area contributed by atoms with Crippen LogP contribution in [0, 0.1) is 6.92 Å². The third-order valence-electron chi connectivity index (χ3n) is 4.06. The van der Waals surface area contributed by atoms with Crippen molar-refractivity contribution in [2.24, 2.45) is 5.73 Å². The highest BCUT2D eigenvalue weighted by atomic mass is 16.2. The summed E-state index contributed by atoms with van der Waals surface area (Å²) >= 11 is 0. The molecule has 1 aromatic carbocycles. The zero-order valence-corrected chi connectivity index (χ0v) is 13.1. The third-order valence-corrected chi connectivity index (χ3v) is 4.06. The molecule has 0 spiro atoms. The zero-order chi connectivity index (χ0) is 15.1. The van der Waals surface area contributed by atoms with Gasteiger partial charge in [-0.3, -0.25) is 4.79 Å². The molecule has 0 unspecified atom stereocenters. The van der Waals surface area contributed by atoms with Gasteiger partial charge in [-0.1, -0.05) is 29.8 Å². The number of hydrogen-bond donors (Lipinski definition) is 1. The summed E-state index contributed by atoms with van der Waals surface area (Å²) in [6.45, 7) is 7.63. The van der Waals surface area contributed by atoms with Gasteiger partial charge in [0.15, 0.2) is 0 Å². The summed E-state index contributed by atoms with van der Waals surface area (Å²) in [6.07, 6.45) is 2.62. The predicted octanol–water partition coefficient (Wildman–Crippen LogP) is 1.42. The van der Waals surface area contributed by atoms with Crippen molar-refractivity contribution in [3.05, 3.63) is 35.4 Å². The second kappa shape index (κ2) is 8.15. The van der Waals surface area contributed by atoms with Crippen molar-refractivity contribution in [1.82, 2.24) is 9.80 Å². The van der Waals surface area contributed by atoms with Crippen LogP contribution in [0.4, 0.5) is 0 Å². The molecule has 4 heteroatoms. The molecule has 0 bridgehead atoms. The first-order valence-corrected chi connectivity index (χ1v) is 7.95. The van der Waals surface area contributed by atoms with E-state index >= 15 is 0 Å². The van der Waals surface area contributed by atoms with Gasteiger partial charge in [0.1, 0.15) is 0 Å². The minimum atomic E-state index is 0.251. The van der Waals surface area contributed by atoms with E-state index in [9.17, 15) is 4.79 Å². The maximum atomic E-state index is 12.4. The van der Waals surface area contributed by atoms with E-state index in [0.29, 0.717) is 6.42 Å². The molecule has 116 valence electrons. The summed E-state index contributed by atoms with van der Waals surface area (Å²) in [5.74, 6) is 0.251. The number of nitrogens with zero attached hydrogens (tertiary/aromatic N) is 2. The quantitative estimate of drug-likeness (QED) is 0.892. The number of rotatable bonds is 5. The number of aryl methyl sites for hydroxylation is 1. The molecule has 2 rings (SSSR count). The van der Waals surface area contributed by atoms with E-state index in [4.69, 9.17) is 5.73 Å². The fourth-order valence-electron chi connectivity index (χ4n) is 2.87. The van der Waals surface area contributed by atoms with Crippen molar-refractivity contribution in [3.63, 3.8) is 0 Å². The summed E-state index contributed by atoms with van der Waals surface area (Å²) < 4.78 is 0. The fraction of sp³-hybridized carbons (Fsp3) is 0.588. The van der Waals surface area contributed by atoms with Crippen LogP contribution in [0.3, 0.4) is 0 Å². The van der Waals surface area contributed by atoms with Crippen molar-refractivity contribution in [1.29, 1.82) is 0 Å². The second-order valence-corrected chi connectivity index (χ2v) is 5.88. The average molecular weight is 289 g/mol. The Balaban J connectivity index is 1.85. The van der Waals surface area contributed by atoms with Crippen LogP contribution in [-0.4, -0.2) is 55.0 Å². The minimum absolute atomic E-state index is 0.251. The lowest BCUT2D eigenvalue weighted by atomic mass is 10.1. The van der Waals surface area contributed by atoms with Gasteiger partial charge in [-0.25, -0.2) is 0 Å². The van der Waals surface area contributed by atoms with Gasteiger partial charge in [-0.15, -0.1) is 0 Å². The molecule has 1 saturated heterocycles. The van der Waals surface area contributed by atoms with Gasteiger partial charge in [-0.2, -0.15) is 0 Å². The Bertz CT molecular complexity index is 461. The number of carbonyl (C=O) groups is 1. The third kappa shape index (κ3) is 5.14. The summed E-state index contributed by atoms with van der Waals surface area (Å²) in [6, 6.07) is 8.23. The molecule has 1 fully saturated rings. The fourth-order valence-corrected chi connectivity index (χ4v) is 2.87. The van der Waals surface area contributed by atoms with Gasteiger partial charge < -0.3 is 15.5 Å².